The first-order valence-electron chi connectivity index (χ1n) is 6.87. The van der Waals surface area contributed by atoms with Gasteiger partial charge in [-0.15, -0.1) is 0 Å². The molecule has 2 aromatic rings. The molecule has 1 atom stereocenters. The summed E-state index contributed by atoms with van der Waals surface area (Å²) in [6.45, 7) is 0. The minimum Gasteiger partial charge on any atom is -0.294 e. The lowest BCUT2D eigenvalue weighted by atomic mass is 10.1. The summed E-state index contributed by atoms with van der Waals surface area (Å²) in [4.78, 5) is 22.0. The molecule has 7 nitrogen and oxygen atoms in total. The number of nitrogens with one attached hydrogen (secondary N) is 1. The molecule has 0 spiro atoms. The number of nitro benzene ring substituents is 1. The second-order valence-electron chi connectivity index (χ2n) is 5.28. The molecule has 3 rings (SSSR count). The summed E-state index contributed by atoms with van der Waals surface area (Å²) in [5.74, 6) is -0.136. The quantitative estimate of drug-likeness (QED) is 0.615. The van der Waals surface area contributed by atoms with Gasteiger partial charge < -0.3 is 0 Å². The number of carbonyl (C=O) groups is 1. The van der Waals surface area contributed by atoms with E-state index in [0.717, 1.165) is 16.6 Å². The average molecular weight is 411 g/mol. The Kier molecular flexibility index (Phi) is 4.24. The van der Waals surface area contributed by atoms with Crippen LogP contribution < -0.4 is 4.72 Å². The molecule has 0 heterocycles. The zero-order chi connectivity index (χ0) is 17.5. The molecule has 124 valence electrons. The Morgan fingerprint density at radius 1 is 1.17 bits per heavy atom. The van der Waals surface area contributed by atoms with Crippen molar-refractivity contribution in [3.8, 4) is 0 Å². The summed E-state index contributed by atoms with van der Waals surface area (Å²) in [5, 5.41) is 10.6. The minimum absolute atomic E-state index is 0.0397. The first-order valence-corrected chi connectivity index (χ1v) is 9.15. The van der Waals surface area contributed by atoms with E-state index in [2.05, 4.69) is 20.7 Å². The van der Waals surface area contributed by atoms with E-state index in [1.165, 1.54) is 12.1 Å². The molecule has 0 aliphatic heterocycles. The molecular weight excluding hydrogens is 400 g/mol. The highest BCUT2D eigenvalue weighted by Gasteiger charge is 2.32. The lowest BCUT2D eigenvalue weighted by Gasteiger charge is -2.14. The normalized spacial score (nSPS) is 16.9. The second kappa shape index (κ2) is 6.08. The van der Waals surface area contributed by atoms with Gasteiger partial charge in [-0.2, -0.15) is 0 Å². The van der Waals surface area contributed by atoms with Crippen molar-refractivity contribution >= 4 is 37.4 Å². The second-order valence-corrected chi connectivity index (χ2v) is 7.91. The molecule has 0 radical (unpaired) electrons. The van der Waals surface area contributed by atoms with Gasteiger partial charge in [0.05, 0.1) is 15.9 Å². The van der Waals surface area contributed by atoms with Gasteiger partial charge in [-0.05, 0) is 29.8 Å². The van der Waals surface area contributed by atoms with Gasteiger partial charge in [-0.25, -0.2) is 13.1 Å². The molecule has 0 aromatic heterocycles. The number of rotatable bonds is 4. The van der Waals surface area contributed by atoms with Gasteiger partial charge in [0, 0.05) is 28.6 Å². The van der Waals surface area contributed by atoms with Crippen molar-refractivity contribution < 1.29 is 18.1 Å². The van der Waals surface area contributed by atoms with Crippen molar-refractivity contribution in [3.05, 3.63) is 68.2 Å². The van der Waals surface area contributed by atoms with E-state index in [9.17, 15) is 23.3 Å². The van der Waals surface area contributed by atoms with Crippen molar-refractivity contribution in [2.24, 2.45) is 0 Å². The first kappa shape index (κ1) is 16.7. The van der Waals surface area contributed by atoms with Crippen LogP contribution in [0.3, 0.4) is 0 Å². The lowest BCUT2D eigenvalue weighted by Crippen LogP contribution is -2.27. The molecule has 0 bridgehead atoms. The third-order valence-corrected chi connectivity index (χ3v) is 5.72. The van der Waals surface area contributed by atoms with Crippen LogP contribution in [0, 0.1) is 10.1 Å². The number of hydrogen-bond donors (Lipinski definition) is 1. The number of ketones is 1. The summed E-state index contributed by atoms with van der Waals surface area (Å²) in [7, 11) is -3.90. The summed E-state index contributed by atoms with van der Waals surface area (Å²) in [5.41, 5.74) is 0.912. The molecule has 0 saturated carbocycles. The standard InChI is InChI=1S/C15H11BrN2O5S/c16-9-1-6-12-13(7-9)15(19)8-14(12)17-24(22,23)11-4-2-10(3-5-11)18(20)21/h1-7,14,17H,8H2/t14-/m1/s1. The smallest absolute Gasteiger partial charge is 0.269 e. The number of nitro groups is 1. The van der Waals surface area contributed by atoms with E-state index >= 15 is 0 Å². The highest BCUT2D eigenvalue weighted by atomic mass is 79.9. The highest BCUT2D eigenvalue weighted by molar-refractivity contribution is 9.10. The lowest BCUT2D eigenvalue weighted by molar-refractivity contribution is -0.384. The Labute approximate surface area is 146 Å². The molecular formula is C15H11BrN2O5S. The summed E-state index contributed by atoms with van der Waals surface area (Å²) < 4.78 is 28.1. The van der Waals surface area contributed by atoms with E-state index in [-0.39, 0.29) is 22.8 Å². The maximum absolute atomic E-state index is 12.5. The molecule has 24 heavy (non-hydrogen) atoms. The maximum atomic E-state index is 12.5. The zero-order valence-corrected chi connectivity index (χ0v) is 14.5. The predicted octanol–water partition coefficient (Wildman–Crippen LogP) is 2.96. The third kappa shape index (κ3) is 3.10. The maximum Gasteiger partial charge on any atom is 0.269 e. The fourth-order valence-corrected chi connectivity index (χ4v) is 4.16. The Balaban J connectivity index is 1.88. The Hall–Kier alpha value is -2.10. The van der Waals surface area contributed by atoms with E-state index in [0.29, 0.717) is 11.1 Å². The summed E-state index contributed by atoms with van der Waals surface area (Å²) >= 11 is 3.28. The van der Waals surface area contributed by atoms with Crippen molar-refractivity contribution in [1.29, 1.82) is 0 Å². The van der Waals surface area contributed by atoms with Crippen LogP contribution in [-0.2, 0) is 10.0 Å². The fraction of sp³-hybridized carbons (Fsp3) is 0.133. The van der Waals surface area contributed by atoms with Crippen LogP contribution in [0.2, 0.25) is 0 Å². The molecule has 1 aliphatic carbocycles. The van der Waals surface area contributed by atoms with E-state index in [4.69, 9.17) is 0 Å². The number of hydrogen-bond acceptors (Lipinski definition) is 5. The molecule has 0 amide bonds. The Morgan fingerprint density at radius 3 is 2.46 bits per heavy atom. The number of halogens is 1. The van der Waals surface area contributed by atoms with Crippen LogP contribution >= 0.6 is 15.9 Å². The molecule has 0 unspecified atom stereocenters. The molecule has 1 aliphatic rings. The van der Waals surface area contributed by atoms with Gasteiger partial charge in [0.25, 0.3) is 5.69 Å². The van der Waals surface area contributed by atoms with Crippen LogP contribution in [0.5, 0.6) is 0 Å². The average Bonchev–Trinajstić information content (AvgIpc) is 2.82. The van der Waals surface area contributed by atoms with Crippen LogP contribution in [0.15, 0.2) is 51.8 Å². The minimum atomic E-state index is -3.90. The zero-order valence-electron chi connectivity index (χ0n) is 12.1. The van der Waals surface area contributed by atoms with Crippen LogP contribution in [0.1, 0.15) is 28.4 Å². The molecule has 2 aromatic carbocycles. The van der Waals surface area contributed by atoms with Gasteiger partial charge in [-0.1, -0.05) is 22.0 Å². The first-order chi connectivity index (χ1) is 11.3. The van der Waals surface area contributed by atoms with Crippen LogP contribution in [0.4, 0.5) is 5.69 Å². The number of non-ortho nitro benzene ring substituents is 1. The van der Waals surface area contributed by atoms with Gasteiger partial charge in [0.2, 0.25) is 10.0 Å². The van der Waals surface area contributed by atoms with E-state index in [1.807, 2.05) is 0 Å². The molecule has 1 N–H and O–H groups in total. The Bertz CT molecular complexity index is 941. The van der Waals surface area contributed by atoms with Gasteiger partial charge >= 0.3 is 0 Å². The topological polar surface area (TPSA) is 106 Å². The number of Topliss-reactive ketones (excluding diaryl/α,β-unsaturated/α-hetero) is 1. The van der Waals surface area contributed by atoms with Gasteiger partial charge in [-0.3, -0.25) is 14.9 Å². The SMILES string of the molecule is O=C1C[C@@H](NS(=O)(=O)c2ccc([N+](=O)[O-])cc2)c2ccc(Br)cc21. The monoisotopic (exact) mass is 410 g/mol. The number of fused-ring (bicyclic) bond motifs is 1. The number of carbonyl (C=O) groups excluding carboxylic acids is 1. The van der Waals surface area contributed by atoms with Crippen molar-refractivity contribution in [2.45, 2.75) is 17.4 Å². The largest absolute Gasteiger partial charge is 0.294 e. The summed E-state index contributed by atoms with van der Waals surface area (Å²) in [6, 6.07) is 9.04. The molecule has 0 fully saturated rings. The fourth-order valence-electron chi connectivity index (χ4n) is 2.59. The third-order valence-electron chi connectivity index (χ3n) is 3.74. The predicted molar refractivity (Wildman–Crippen MR) is 89.2 cm³/mol. The van der Waals surface area contributed by atoms with Gasteiger partial charge in [0.1, 0.15) is 0 Å². The molecule has 9 heteroatoms. The van der Waals surface area contributed by atoms with Gasteiger partial charge in [0.15, 0.2) is 5.78 Å². The number of benzene rings is 2. The number of sulfonamides is 1. The molecule has 0 saturated heterocycles. The van der Waals surface area contributed by atoms with Crippen molar-refractivity contribution in [2.75, 3.05) is 0 Å². The number of nitrogens with zero attached hydrogens (tertiary/aromatic N) is 1. The van der Waals surface area contributed by atoms with Crippen molar-refractivity contribution in [3.63, 3.8) is 0 Å². The van der Waals surface area contributed by atoms with Crippen molar-refractivity contribution in [1.82, 2.24) is 4.72 Å². The Morgan fingerprint density at radius 2 is 1.83 bits per heavy atom. The van der Waals surface area contributed by atoms with E-state index < -0.39 is 21.0 Å². The van der Waals surface area contributed by atoms with Crippen LogP contribution in [-0.4, -0.2) is 19.1 Å². The van der Waals surface area contributed by atoms with E-state index in [1.54, 1.807) is 18.2 Å². The highest BCUT2D eigenvalue weighted by Crippen LogP contribution is 2.34. The summed E-state index contributed by atoms with van der Waals surface area (Å²) in [6.07, 6.45) is 0.0397. The van der Waals surface area contributed by atoms with Crippen LogP contribution in [0.25, 0.3) is 0 Å².